The number of Topliss-reactive ketones (excluding diaryl/α,β-unsaturated/α-hetero) is 1. The van der Waals surface area contributed by atoms with E-state index in [2.05, 4.69) is 11.1 Å². The first-order valence-electron chi connectivity index (χ1n) is 9.67. The number of carbonyl (C=O) groups is 2. The summed E-state index contributed by atoms with van der Waals surface area (Å²) in [5.41, 5.74) is 3.03. The minimum atomic E-state index is -1.17. The molecule has 6 heteroatoms. The molecule has 1 aromatic carbocycles. The van der Waals surface area contributed by atoms with Gasteiger partial charge in [-0.1, -0.05) is 12.1 Å². The molecule has 1 aromatic rings. The average Bonchev–Trinajstić information content (AvgIpc) is 3.55. The van der Waals surface area contributed by atoms with Crippen molar-refractivity contribution >= 4 is 17.5 Å². The molecule has 28 heavy (non-hydrogen) atoms. The number of carboxylic acid groups (broad SMARTS) is 1. The molecule has 0 radical (unpaired) electrons. The molecule has 1 fully saturated rings. The molecule has 1 N–H and O–H groups in total. The highest BCUT2D eigenvalue weighted by molar-refractivity contribution is 6.19. The van der Waals surface area contributed by atoms with Gasteiger partial charge in [0.05, 0.1) is 27.1 Å². The van der Waals surface area contributed by atoms with E-state index in [4.69, 9.17) is 4.74 Å². The van der Waals surface area contributed by atoms with Gasteiger partial charge in [-0.25, -0.2) is 4.79 Å². The SMILES string of the molecule is COc1ccc(CC[N+]2(C)C=C(C(=O)O)C(=O)C3CC2=CC(C2CC2)=N3)cc1. The van der Waals surface area contributed by atoms with Gasteiger partial charge in [-0.3, -0.25) is 14.3 Å². The van der Waals surface area contributed by atoms with Crippen molar-refractivity contribution in [2.24, 2.45) is 10.9 Å². The number of dihydropyridines is 1. The van der Waals surface area contributed by atoms with E-state index in [1.165, 1.54) is 0 Å². The summed E-state index contributed by atoms with van der Waals surface area (Å²) in [7, 11) is 3.63. The average molecular weight is 381 g/mol. The number of likely N-dealkylation sites (N-methyl/N-ethyl adjacent to an activating group) is 1. The van der Waals surface area contributed by atoms with Crippen LogP contribution in [0.15, 0.2) is 52.8 Å². The maximum atomic E-state index is 12.8. The number of ether oxygens (including phenoxy) is 1. The third-order valence-corrected chi connectivity index (χ3v) is 5.91. The second-order valence-corrected chi connectivity index (χ2v) is 7.99. The van der Waals surface area contributed by atoms with Crippen LogP contribution in [0.25, 0.3) is 0 Å². The van der Waals surface area contributed by atoms with Crippen LogP contribution in [0.5, 0.6) is 5.75 Å². The summed E-state index contributed by atoms with van der Waals surface area (Å²) in [6.07, 6.45) is 7.16. The number of carboxylic acids is 1. The Balaban J connectivity index is 1.67. The Kier molecular flexibility index (Phi) is 4.67. The number of benzene rings is 1. The molecule has 6 nitrogen and oxygen atoms in total. The van der Waals surface area contributed by atoms with Crippen molar-refractivity contribution in [1.29, 1.82) is 0 Å². The van der Waals surface area contributed by atoms with Crippen LogP contribution in [0.1, 0.15) is 24.8 Å². The number of rotatable bonds is 6. The fraction of sp³-hybridized carbons (Fsp3) is 0.409. The van der Waals surface area contributed by atoms with Gasteiger partial charge in [-0.2, -0.15) is 0 Å². The fourth-order valence-electron chi connectivity index (χ4n) is 3.93. The Morgan fingerprint density at radius 2 is 2.00 bits per heavy atom. The van der Waals surface area contributed by atoms with Crippen LogP contribution < -0.4 is 4.74 Å². The molecule has 146 valence electrons. The summed E-state index contributed by atoms with van der Waals surface area (Å²) in [5, 5.41) is 9.64. The Labute approximate surface area is 164 Å². The number of hydrogen-bond acceptors (Lipinski definition) is 4. The minimum Gasteiger partial charge on any atom is -0.497 e. The normalized spacial score (nSPS) is 26.7. The van der Waals surface area contributed by atoms with Crippen LogP contribution in [0.3, 0.4) is 0 Å². The Morgan fingerprint density at radius 3 is 2.61 bits per heavy atom. The van der Waals surface area contributed by atoms with Gasteiger partial charge in [0.25, 0.3) is 0 Å². The van der Waals surface area contributed by atoms with Crippen molar-refractivity contribution in [2.45, 2.75) is 31.7 Å². The van der Waals surface area contributed by atoms with Gasteiger partial charge in [0, 0.05) is 24.1 Å². The molecule has 0 aromatic heterocycles. The Hall–Kier alpha value is -2.73. The van der Waals surface area contributed by atoms with Crippen LogP contribution in [0, 0.1) is 5.92 Å². The molecular formula is C22H25N2O4+. The molecule has 0 spiro atoms. The lowest BCUT2D eigenvalue weighted by Crippen LogP contribution is -2.41. The second kappa shape index (κ2) is 7.02. The van der Waals surface area contributed by atoms with Crippen molar-refractivity contribution in [2.75, 3.05) is 20.7 Å². The molecule has 4 rings (SSSR count). The van der Waals surface area contributed by atoms with E-state index in [1.807, 2.05) is 31.3 Å². The zero-order valence-electron chi connectivity index (χ0n) is 16.2. The first kappa shape index (κ1) is 18.6. The van der Waals surface area contributed by atoms with E-state index in [0.717, 1.165) is 42.0 Å². The summed E-state index contributed by atoms with van der Waals surface area (Å²) in [6, 6.07) is 7.29. The topological polar surface area (TPSA) is 76.0 Å². The molecular weight excluding hydrogens is 356 g/mol. The summed E-state index contributed by atoms with van der Waals surface area (Å²) < 4.78 is 5.53. The van der Waals surface area contributed by atoms with Crippen molar-refractivity contribution in [3.05, 3.63) is 53.4 Å². The first-order valence-corrected chi connectivity index (χ1v) is 9.67. The number of ketones is 1. The molecule has 0 amide bonds. The van der Waals surface area contributed by atoms with Crippen molar-refractivity contribution in [3.63, 3.8) is 0 Å². The van der Waals surface area contributed by atoms with Gasteiger partial charge in [0.15, 0.2) is 5.57 Å². The fourth-order valence-corrected chi connectivity index (χ4v) is 3.93. The van der Waals surface area contributed by atoms with E-state index in [9.17, 15) is 14.7 Å². The van der Waals surface area contributed by atoms with E-state index in [-0.39, 0.29) is 11.4 Å². The van der Waals surface area contributed by atoms with Crippen LogP contribution in [-0.4, -0.2) is 53.8 Å². The summed E-state index contributed by atoms with van der Waals surface area (Å²) in [6.45, 7) is 0.674. The van der Waals surface area contributed by atoms with Gasteiger partial charge in [0.2, 0.25) is 5.78 Å². The number of quaternary nitrogens is 1. The van der Waals surface area contributed by atoms with E-state index >= 15 is 0 Å². The lowest BCUT2D eigenvalue weighted by atomic mass is 9.98. The van der Waals surface area contributed by atoms with E-state index < -0.39 is 12.0 Å². The van der Waals surface area contributed by atoms with Crippen LogP contribution in [-0.2, 0) is 16.0 Å². The van der Waals surface area contributed by atoms with Crippen molar-refractivity contribution in [1.82, 2.24) is 0 Å². The smallest absolute Gasteiger partial charge is 0.344 e. The lowest BCUT2D eigenvalue weighted by molar-refractivity contribution is -0.821. The maximum Gasteiger partial charge on any atom is 0.344 e. The molecule has 2 bridgehead atoms. The molecule has 2 heterocycles. The molecule has 1 saturated carbocycles. The number of carbonyl (C=O) groups excluding carboxylic acids is 1. The number of aliphatic carboxylic acids is 1. The summed E-state index contributed by atoms with van der Waals surface area (Å²) >= 11 is 0. The monoisotopic (exact) mass is 381 g/mol. The highest BCUT2D eigenvalue weighted by Crippen LogP contribution is 2.38. The van der Waals surface area contributed by atoms with Gasteiger partial charge in [-0.15, -0.1) is 0 Å². The first-order chi connectivity index (χ1) is 13.4. The zero-order valence-corrected chi connectivity index (χ0v) is 16.2. The lowest BCUT2D eigenvalue weighted by Gasteiger charge is -2.33. The number of nitrogens with zero attached hydrogens (tertiary/aromatic N) is 2. The number of allylic oxidation sites excluding steroid dienone is 1. The molecule has 2 aliphatic heterocycles. The van der Waals surface area contributed by atoms with E-state index in [1.54, 1.807) is 13.3 Å². The van der Waals surface area contributed by atoms with Crippen molar-refractivity contribution < 1.29 is 23.9 Å². The summed E-state index contributed by atoms with van der Waals surface area (Å²) in [5.74, 6) is -0.314. The largest absolute Gasteiger partial charge is 0.497 e. The minimum absolute atomic E-state index is 0.147. The van der Waals surface area contributed by atoms with Crippen LogP contribution in [0.4, 0.5) is 0 Å². The number of hydrogen-bond donors (Lipinski definition) is 1. The maximum absolute atomic E-state index is 12.8. The van der Waals surface area contributed by atoms with Crippen LogP contribution >= 0.6 is 0 Å². The molecule has 0 saturated heterocycles. The third kappa shape index (κ3) is 3.52. The van der Waals surface area contributed by atoms with Gasteiger partial charge >= 0.3 is 5.97 Å². The standard InChI is InChI=1S/C22H24N2O4/c1-24(10-9-14-3-7-17(28-2)8-4-14)13-18(22(26)27)21(25)20-12-16(24)11-19(23-20)15-5-6-15/h3-4,7-8,11,13,15,20H,5-6,9-10,12H2,1-2H3/p+1. The van der Waals surface area contributed by atoms with Gasteiger partial charge in [-0.05, 0) is 30.5 Å². The van der Waals surface area contributed by atoms with Gasteiger partial charge in [0.1, 0.15) is 23.7 Å². The van der Waals surface area contributed by atoms with Crippen LogP contribution in [0.2, 0.25) is 0 Å². The predicted molar refractivity (Wildman–Crippen MR) is 105 cm³/mol. The molecule has 3 aliphatic rings. The predicted octanol–water partition coefficient (Wildman–Crippen LogP) is 2.74. The highest BCUT2D eigenvalue weighted by Gasteiger charge is 2.43. The number of aliphatic imine (C=N–C) groups is 1. The van der Waals surface area contributed by atoms with Gasteiger partial charge < -0.3 is 9.84 Å². The highest BCUT2D eigenvalue weighted by atomic mass is 16.5. The van der Waals surface area contributed by atoms with Crippen molar-refractivity contribution in [3.8, 4) is 5.75 Å². The zero-order chi connectivity index (χ0) is 19.9. The molecule has 1 aliphatic carbocycles. The molecule has 2 atom stereocenters. The number of methoxy groups -OCH3 is 1. The number of fused-ring (bicyclic) bond motifs is 2. The van der Waals surface area contributed by atoms with E-state index in [0.29, 0.717) is 23.4 Å². The Morgan fingerprint density at radius 1 is 1.29 bits per heavy atom. The quantitative estimate of drug-likeness (QED) is 0.607. The molecule has 2 unspecified atom stereocenters. The Bertz CT molecular complexity index is 909. The third-order valence-electron chi connectivity index (χ3n) is 5.91. The second-order valence-electron chi connectivity index (χ2n) is 7.99. The summed E-state index contributed by atoms with van der Waals surface area (Å²) in [4.78, 5) is 29.2.